The largest absolute Gasteiger partial charge is 2.00 e. The maximum atomic E-state index is 4.81. The average molecular weight is 322 g/mol. The molecule has 99 valence electrons. The predicted molar refractivity (Wildman–Crippen MR) is 73.9 cm³/mol. The quantitative estimate of drug-likeness (QED) is 0.251. The summed E-state index contributed by atoms with van der Waals surface area (Å²) in [5.74, 6) is 0. The molecular weight excluding hydrogens is 308 g/mol. The van der Waals surface area contributed by atoms with Gasteiger partial charge in [-0.15, -0.1) is 0 Å². The Balaban J connectivity index is 0. The molecule has 0 fully saturated rings. The third-order valence-electron chi connectivity index (χ3n) is 1.44. The van der Waals surface area contributed by atoms with Crippen LogP contribution in [0.4, 0.5) is 0 Å². The van der Waals surface area contributed by atoms with Gasteiger partial charge in [-0.3, -0.25) is 20.8 Å². The van der Waals surface area contributed by atoms with E-state index in [-0.39, 0.29) is 17.1 Å². The molecule has 0 aromatic rings. The van der Waals surface area contributed by atoms with Crippen LogP contribution in [0, 0.1) is 0 Å². The molecule has 0 spiro atoms. The van der Waals surface area contributed by atoms with Gasteiger partial charge < -0.3 is 25.3 Å². The molecule has 0 aromatic heterocycles. The van der Waals surface area contributed by atoms with Crippen LogP contribution in [0.2, 0.25) is 0 Å². The summed E-state index contributed by atoms with van der Waals surface area (Å²) in [6.45, 7) is 1.95. The van der Waals surface area contributed by atoms with Crippen molar-refractivity contribution in [3.05, 3.63) is 0 Å². The van der Waals surface area contributed by atoms with Crippen LogP contribution in [-0.4, -0.2) is 36.4 Å². The Morgan fingerprint density at radius 3 is 2.12 bits per heavy atom. The van der Waals surface area contributed by atoms with Crippen LogP contribution in [0.15, 0.2) is 20.2 Å². The summed E-state index contributed by atoms with van der Waals surface area (Å²) in [5.41, 5.74) is 5.90. The van der Waals surface area contributed by atoms with E-state index in [0.717, 1.165) is 5.71 Å². The Hall–Kier alpha value is -0.761. The minimum absolute atomic E-state index is 0. The molecule has 0 atom stereocenters. The SMILES string of the molecule is CCC(/C=N\NC([S-])=NC)=N/NC([S-])=NC.[Cu+2]. The van der Waals surface area contributed by atoms with Crippen molar-refractivity contribution in [1.29, 1.82) is 0 Å². The monoisotopic (exact) mass is 321 g/mol. The summed E-state index contributed by atoms with van der Waals surface area (Å²) in [5, 5.41) is 8.51. The van der Waals surface area contributed by atoms with Crippen LogP contribution in [0.3, 0.4) is 0 Å². The Morgan fingerprint density at radius 1 is 1.12 bits per heavy atom. The molecule has 0 aliphatic heterocycles. The second-order valence-corrected chi connectivity index (χ2v) is 3.27. The van der Waals surface area contributed by atoms with Crippen molar-refractivity contribution in [1.82, 2.24) is 10.9 Å². The first-order chi connectivity index (χ1) is 7.63. The number of hydrazone groups is 2. The number of rotatable bonds is 4. The Morgan fingerprint density at radius 2 is 1.65 bits per heavy atom. The van der Waals surface area contributed by atoms with E-state index < -0.39 is 0 Å². The maximum absolute atomic E-state index is 4.81. The van der Waals surface area contributed by atoms with E-state index >= 15 is 0 Å². The average Bonchev–Trinajstić information content (AvgIpc) is 2.32. The van der Waals surface area contributed by atoms with Gasteiger partial charge in [0.2, 0.25) is 0 Å². The van der Waals surface area contributed by atoms with Gasteiger partial charge in [0.05, 0.1) is 11.9 Å². The zero-order chi connectivity index (χ0) is 12.4. The van der Waals surface area contributed by atoms with Crippen LogP contribution in [-0.2, 0) is 42.3 Å². The van der Waals surface area contributed by atoms with E-state index in [1.54, 1.807) is 20.3 Å². The van der Waals surface area contributed by atoms with E-state index in [4.69, 9.17) is 25.3 Å². The van der Waals surface area contributed by atoms with E-state index in [1.165, 1.54) is 0 Å². The van der Waals surface area contributed by atoms with Crippen molar-refractivity contribution < 1.29 is 17.1 Å². The van der Waals surface area contributed by atoms with Gasteiger partial charge in [-0.25, -0.2) is 0 Å². The second-order valence-electron chi connectivity index (χ2n) is 2.50. The van der Waals surface area contributed by atoms with Crippen molar-refractivity contribution >= 4 is 47.5 Å². The van der Waals surface area contributed by atoms with Gasteiger partial charge >= 0.3 is 17.1 Å². The van der Waals surface area contributed by atoms with Gasteiger partial charge in [-0.1, -0.05) is 6.92 Å². The molecule has 0 aliphatic carbocycles. The van der Waals surface area contributed by atoms with Gasteiger partial charge in [-0.2, -0.15) is 10.2 Å². The Bertz CT molecular complexity index is 326. The predicted octanol–water partition coefficient (Wildman–Crippen LogP) is -0.0197. The summed E-state index contributed by atoms with van der Waals surface area (Å²) >= 11 is 9.60. The van der Waals surface area contributed by atoms with Gasteiger partial charge in [-0.05, 0) is 16.8 Å². The molecule has 17 heavy (non-hydrogen) atoms. The summed E-state index contributed by atoms with van der Waals surface area (Å²) in [7, 11) is 3.18. The van der Waals surface area contributed by atoms with E-state index in [1.807, 2.05) is 6.92 Å². The topological polar surface area (TPSA) is 73.5 Å². The fourth-order valence-corrected chi connectivity index (χ4v) is 0.679. The van der Waals surface area contributed by atoms with Crippen LogP contribution in [0.1, 0.15) is 13.3 Å². The first kappa shape index (κ1) is 18.6. The Labute approximate surface area is 123 Å². The van der Waals surface area contributed by atoms with Gasteiger partial charge in [0, 0.05) is 14.1 Å². The van der Waals surface area contributed by atoms with Crippen molar-refractivity contribution in [2.24, 2.45) is 20.2 Å². The molecule has 0 heterocycles. The van der Waals surface area contributed by atoms with Crippen LogP contribution in [0.5, 0.6) is 0 Å². The number of hydrogen-bond acceptors (Lipinski definition) is 6. The minimum atomic E-state index is 0. The molecule has 0 bridgehead atoms. The van der Waals surface area contributed by atoms with Crippen molar-refractivity contribution in [3.63, 3.8) is 0 Å². The molecule has 0 saturated heterocycles. The number of nitrogens with zero attached hydrogens (tertiary/aromatic N) is 4. The zero-order valence-electron chi connectivity index (χ0n) is 9.69. The van der Waals surface area contributed by atoms with Crippen molar-refractivity contribution in [2.75, 3.05) is 14.1 Å². The fourth-order valence-electron chi connectivity index (χ4n) is 0.581. The van der Waals surface area contributed by atoms with Gasteiger partial charge in [0.1, 0.15) is 0 Å². The van der Waals surface area contributed by atoms with Crippen molar-refractivity contribution in [3.8, 4) is 0 Å². The smallest absolute Gasteiger partial charge is 0.741 e. The number of aliphatic imine (C=N–C) groups is 2. The van der Waals surface area contributed by atoms with Gasteiger partial charge in [0.25, 0.3) is 0 Å². The van der Waals surface area contributed by atoms with Crippen LogP contribution < -0.4 is 10.9 Å². The third-order valence-corrected chi connectivity index (χ3v) is 1.99. The summed E-state index contributed by atoms with van der Waals surface area (Å²) < 4.78 is 0. The second kappa shape index (κ2) is 11.7. The number of nitrogens with one attached hydrogen (secondary N) is 2. The molecule has 6 nitrogen and oxygen atoms in total. The van der Waals surface area contributed by atoms with Crippen molar-refractivity contribution in [2.45, 2.75) is 13.3 Å². The first-order valence-corrected chi connectivity index (χ1v) is 5.34. The Kier molecular flexibility index (Phi) is 12.8. The number of hydrogen-bond donors (Lipinski definition) is 2. The standard InChI is InChI=1S/C8H16N6S2.Cu/c1-4-6(12-14-8(16)10-3)5-11-13-7(15)9-2;/h5H,4H2,1-3H3,(H2,9,13,15)(H2,10,14,16);/q;+2/p-2/b11-5-,12-6-;. The van der Waals surface area contributed by atoms with Gasteiger partial charge in [0.15, 0.2) is 0 Å². The molecule has 0 aliphatic rings. The molecule has 0 unspecified atom stereocenters. The molecule has 0 saturated carbocycles. The minimum Gasteiger partial charge on any atom is -0.741 e. The maximum Gasteiger partial charge on any atom is 2.00 e. The van der Waals surface area contributed by atoms with Crippen LogP contribution in [0.25, 0.3) is 0 Å². The van der Waals surface area contributed by atoms with E-state index in [9.17, 15) is 0 Å². The summed E-state index contributed by atoms with van der Waals surface area (Å²) in [6.07, 6.45) is 2.25. The molecule has 2 N–H and O–H groups in total. The van der Waals surface area contributed by atoms with E-state index in [2.05, 4.69) is 31.0 Å². The fraction of sp³-hybridized carbons (Fsp3) is 0.500. The van der Waals surface area contributed by atoms with E-state index in [0.29, 0.717) is 16.8 Å². The number of amidine groups is 2. The molecule has 0 aromatic carbocycles. The van der Waals surface area contributed by atoms with Crippen LogP contribution >= 0.6 is 0 Å². The molecule has 1 radical (unpaired) electrons. The molecule has 0 amide bonds. The molecule has 0 rings (SSSR count). The molecular formula is C8H14CuN6S2. The summed E-state index contributed by atoms with van der Waals surface area (Å²) in [6, 6.07) is 0. The zero-order valence-corrected chi connectivity index (χ0v) is 12.3. The first-order valence-electron chi connectivity index (χ1n) is 4.53. The molecule has 9 heteroatoms. The normalized spacial score (nSPS) is 13.5. The summed E-state index contributed by atoms with van der Waals surface area (Å²) in [4.78, 5) is 7.45. The third kappa shape index (κ3) is 10.1.